The Hall–Kier alpha value is -2.01. The summed E-state index contributed by atoms with van der Waals surface area (Å²) in [5.41, 5.74) is 0.743. The molecule has 2 saturated heterocycles. The summed E-state index contributed by atoms with van der Waals surface area (Å²) >= 11 is 0. The van der Waals surface area contributed by atoms with Crippen LogP contribution in [0, 0.1) is 11.7 Å². The lowest BCUT2D eigenvalue weighted by molar-refractivity contribution is 0.242. The molecular weight excluding hydrogens is 279 g/mol. The van der Waals surface area contributed by atoms with Gasteiger partial charge in [-0.25, -0.2) is 9.37 Å². The van der Waals surface area contributed by atoms with Gasteiger partial charge in [0.15, 0.2) is 0 Å². The third-order valence-corrected chi connectivity index (χ3v) is 4.87. The second-order valence-electron chi connectivity index (χ2n) is 6.15. The van der Waals surface area contributed by atoms with E-state index in [0.717, 1.165) is 31.0 Å². The first-order chi connectivity index (χ1) is 10.8. The Morgan fingerprint density at radius 3 is 2.95 bits per heavy atom. The van der Waals surface area contributed by atoms with Crippen molar-refractivity contribution in [1.29, 1.82) is 0 Å². The molecule has 5 heteroatoms. The molecule has 4 heterocycles. The second-order valence-corrected chi connectivity index (χ2v) is 6.15. The largest absolute Gasteiger partial charge is 0.355 e. The number of rotatable bonds is 3. The van der Waals surface area contributed by atoms with Crippen LogP contribution in [0.4, 0.5) is 10.2 Å². The molecule has 0 aromatic carbocycles. The summed E-state index contributed by atoms with van der Waals surface area (Å²) < 4.78 is 13.8. The lowest BCUT2D eigenvalue weighted by Gasteiger charge is -2.25. The first-order valence-corrected chi connectivity index (χ1v) is 7.79. The first-order valence-electron chi connectivity index (χ1n) is 7.79. The standard InChI is InChI=1S/C17H19FN4/c18-15-9-19-7-4-13(15)10-21-8-5-14-11-22(12-16(14)21)17-3-1-2-6-20-17/h1-4,6-7,9,14,16H,5,8,10-12H2. The second kappa shape index (κ2) is 5.65. The molecule has 2 aromatic heterocycles. The van der Waals surface area contributed by atoms with Crippen molar-refractivity contribution in [1.82, 2.24) is 14.9 Å². The molecule has 0 saturated carbocycles. The van der Waals surface area contributed by atoms with Gasteiger partial charge in [-0.1, -0.05) is 6.07 Å². The molecule has 0 N–H and O–H groups in total. The van der Waals surface area contributed by atoms with E-state index < -0.39 is 0 Å². The van der Waals surface area contributed by atoms with Gasteiger partial charge in [0.2, 0.25) is 0 Å². The van der Waals surface area contributed by atoms with Crippen molar-refractivity contribution < 1.29 is 4.39 Å². The average molecular weight is 298 g/mol. The van der Waals surface area contributed by atoms with E-state index in [-0.39, 0.29) is 5.82 Å². The van der Waals surface area contributed by atoms with Crippen LogP contribution < -0.4 is 4.90 Å². The number of anilines is 1. The molecule has 114 valence electrons. The van der Waals surface area contributed by atoms with E-state index >= 15 is 0 Å². The minimum atomic E-state index is -0.203. The van der Waals surface area contributed by atoms with Crippen molar-refractivity contribution in [2.75, 3.05) is 24.5 Å². The number of pyridine rings is 2. The summed E-state index contributed by atoms with van der Waals surface area (Å²) in [6.45, 7) is 3.75. The van der Waals surface area contributed by atoms with Crippen LogP contribution in [0.15, 0.2) is 42.9 Å². The van der Waals surface area contributed by atoms with E-state index in [2.05, 4.69) is 25.8 Å². The smallest absolute Gasteiger partial charge is 0.145 e. The zero-order valence-corrected chi connectivity index (χ0v) is 12.4. The van der Waals surface area contributed by atoms with Gasteiger partial charge in [-0.05, 0) is 37.1 Å². The molecule has 0 bridgehead atoms. The minimum absolute atomic E-state index is 0.203. The number of hydrogen-bond acceptors (Lipinski definition) is 4. The molecule has 22 heavy (non-hydrogen) atoms. The Morgan fingerprint density at radius 1 is 1.18 bits per heavy atom. The molecule has 4 nitrogen and oxygen atoms in total. The van der Waals surface area contributed by atoms with Gasteiger partial charge < -0.3 is 4.90 Å². The van der Waals surface area contributed by atoms with Gasteiger partial charge in [0.05, 0.1) is 6.20 Å². The van der Waals surface area contributed by atoms with Crippen LogP contribution in [0.3, 0.4) is 0 Å². The summed E-state index contributed by atoms with van der Waals surface area (Å²) in [6, 6.07) is 8.32. The number of nitrogens with zero attached hydrogens (tertiary/aromatic N) is 4. The molecule has 0 radical (unpaired) electrons. The quantitative estimate of drug-likeness (QED) is 0.870. The highest BCUT2D eigenvalue weighted by Crippen LogP contribution is 2.34. The predicted octanol–water partition coefficient (Wildman–Crippen LogP) is 2.33. The Morgan fingerprint density at radius 2 is 2.14 bits per heavy atom. The highest BCUT2D eigenvalue weighted by molar-refractivity contribution is 5.40. The molecule has 2 unspecified atom stereocenters. The summed E-state index contributed by atoms with van der Waals surface area (Å²) in [4.78, 5) is 13.0. The molecule has 0 amide bonds. The first kappa shape index (κ1) is 13.6. The van der Waals surface area contributed by atoms with Crippen LogP contribution in [0.2, 0.25) is 0 Å². The molecule has 2 fully saturated rings. The summed E-state index contributed by atoms with van der Waals surface area (Å²) in [7, 11) is 0. The lowest BCUT2D eigenvalue weighted by Crippen LogP contribution is -2.35. The highest BCUT2D eigenvalue weighted by atomic mass is 19.1. The Kier molecular flexibility index (Phi) is 3.50. The van der Waals surface area contributed by atoms with Gasteiger partial charge in [-0.3, -0.25) is 9.88 Å². The van der Waals surface area contributed by atoms with Crippen molar-refractivity contribution in [2.24, 2.45) is 5.92 Å². The van der Waals surface area contributed by atoms with Gasteiger partial charge in [-0.2, -0.15) is 0 Å². The maximum atomic E-state index is 13.8. The molecule has 2 atom stereocenters. The van der Waals surface area contributed by atoms with Crippen molar-refractivity contribution in [2.45, 2.75) is 19.0 Å². The zero-order chi connectivity index (χ0) is 14.9. The van der Waals surface area contributed by atoms with E-state index in [4.69, 9.17) is 0 Å². The number of aromatic nitrogens is 2. The third kappa shape index (κ3) is 2.46. The maximum absolute atomic E-state index is 13.8. The molecule has 0 spiro atoms. The fourth-order valence-corrected chi connectivity index (χ4v) is 3.72. The van der Waals surface area contributed by atoms with E-state index in [1.54, 1.807) is 12.3 Å². The van der Waals surface area contributed by atoms with Gasteiger partial charge in [0.25, 0.3) is 0 Å². The van der Waals surface area contributed by atoms with E-state index in [1.807, 2.05) is 18.3 Å². The minimum Gasteiger partial charge on any atom is -0.355 e. The summed E-state index contributed by atoms with van der Waals surface area (Å²) in [5.74, 6) is 1.50. The number of halogens is 1. The number of likely N-dealkylation sites (tertiary alicyclic amines) is 1. The molecule has 0 aliphatic carbocycles. The molecule has 2 aliphatic rings. The third-order valence-electron chi connectivity index (χ3n) is 4.87. The van der Waals surface area contributed by atoms with Gasteiger partial charge in [0.1, 0.15) is 11.6 Å². The SMILES string of the molecule is Fc1cnccc1CN1CCC2CN(c3ccccn3)CC21. The van der Waals surface area contributed by atoms with Gasteiger partial charge in [0, 0.05) is 43.6 Å². The summed E-state index contributed by atoms with van der Waals surface area (Å²) in [6.07, 6.45) is 5.99. The Balaban J connectivity index is 1.48. The van der Waals surface area contributed by atoms with Crippen molar-refractivity contribution in [3.8, 4) is 0 Å². The van der Waals surface area contributed by atoms with Crippen molar-refractivity contribution >= 4 is 5.82 Å². The fraction of sp³-hybridized carbons (Fsp3) is 0.412. The Labute approximate surface area is 129 Å². The molecular formula is C17H19FN4. The highest BCUT2D eigenvalue weighted by Gasteiger charge is 2.41. The van der Waals surface area contributed by atoms with Crippen LogP contribution in [0.25, 0.3) is 0 Å². The summed E-state index contributed by atoms with van der Waals surface area (Å²) in [5, 5.41) is 0. The van der Waals surface area contributed by atoms with Crippen LogP contribution in [-0.4, -0.2) is 40.5 Å². The van der Waals surface area contributed by atoms with Crippen LogP contribution in [-0.2, 0) is 6.54 Å². The maximum Gasteiger partial charge on any atom is 0.145 e. The van der Waals surface area contributed by atoms with Gasteiger partial charge in [-0.15, -0.1) is 0 Å². The molecule has 4 rings (SSSR count). The monoisotopic (exact) mass is 298 g/mol. The zero-order valence-electron chi connectivity index (χ0n) is 12.4. The molecule has 2 aromatic rings. The normalized spacial score (nSPS) is 24.7. The van der Waals surface area contributed by atoms with Crippen LogP contribution in [0.1, 0.15) is 12.0 Å². The van der Waals surface area contributed by atoms with Crippen LogP contribution >= 0.6 is 0 Å². The van der Waals surface area contributed by atoms with E-state index in [0.29, 0.717) is 18.5 Å². The fourth-order valence-electron chi connectivity index (χ4n) is 3.72. The topological polar surface area (TPSA) is 32.3 Å². The van der Waals surface area contributed by atoms with Crippen molar-refractivity contribution in [3.05, 3.63) is 54.2 Å². The Bertz CT molecular complexity index is 648. The average Bonchev–Trinajstić information content (AvgIpc) is 3.12. The van der Waals surface area contributed by atoms with Gasteiger partial charge >= 0.3 is 0 Å². The number of hydrogen-bond donors (Lipinski definition) is 0. The van der Waals surface area contributed by atoms with E-state index in [1.165, 1.54) is 12.6 Å². The lowest BCUT2D eigenvalue weighted by atomic mass is 10.1. The van der Waals surface area contributed by atoms with E-state index in [9.17, 15) is 4.39 Å². The van der Waals surface area contributed by atoms with Crippen molar-refractivity contribution in [3.63, 3.8) is 0 Å². The predicted molar refractivity (Wildman–Crippen MR) is 83.0 cm³/mol. The van der Waals surface area contributed by atoms with Crippen LogP contribution in [0.5, 0.6) is 0 Å². The number of fused-ring (bicyclic) bond motifs is 1. The molecule has 2 aliphatic heterocycles.